The number of carbonyl (C=O) groups excluding carboxylic acids is 8. The Labute approximate surface area is 531 Å². The minimum absolute atomic E-state index is 0.0169. The van der Waals surface area contributed by atoms with Crippen LogP contribution in [0.3, 0.4) is 0 Å². The van der Waals surface area contributed by atoms with Crippen LogP contribution >= 0.6 is 0 Å². The maximum atomic E-state index is 14.5. The van der Waals surface area contributed by atoms with Gasteiger partial charge in [0, 0.05) is 12.6 Å². The molecule has 0 aliphatic carbocycles. The first-order valence-corrected chi connectivity index (χ1v) is 32.5. The van der Waals surface area contributed by atoms with Crippen molar-refractivity contribution >= 4 is 57.3 Å². The SMILES string of the molecule is CC(C)C[C@@H](CN(CC(N)=O)S(=O)(=O)c1cc(C(F)(F)F)cc(C(F)(F)F)c1)NC(=O)[C@H](CCCCN)NC(=O)[C@H](CCCCN)NC(=O)[C@H](CC(C)C)NC(=O)[C@H](CC(C)C)NC(=O)[C@H](CCCCN)NC(=O)[C@H](CC(C)C)NC(=O)[C@@H](N)Cc1ccccc1. The zero-order valence-corrected chi connectivity index (χ0v) is 54.4. The van der Waals surface area contributed by atoms with E-state index in [4.69, 9.17) is 28.7 Å². The van der Waals surface area contributed by atoms with Crippen molar-refractivity contribution in [3.63, 3.8) is 0 Å². The summed E-state index contributed by atoms with van der Waals surface area (Å²) in [4.78, 5) is 111. The van der Waals surface area contributed by atoms with Gasteiger partial charge in [-0.05, 0) is 157 Å². The van der Waals surface area contributed by atoms with Crippen LogP contribution in [0.1, 0.15) is 156 Å². The highest BCUT2D eigenvalue weighted by Crippen LogP contribution is 2.38. The van der Waals surface area contributed by atoms with Crippen LogP contribution < -0.4 is 65.9 Å². The van der Waals surface area contributed by atoms with Crippen LogP contribution in [0.5, 0.6) is 0 Å². The standard InChI is InChI=1S/C61H99F6N13O10S/c1-36(2)26-43(34-80(35-52(72)81)91(89,90)44-32-41(60(62,63)64)31-42(33-44)61(65,66)67)73-54(83)46(20-12-15-23-68)74-55(84)47(21-13-16-24-69)75-58(87)50(28-38(5)6)79-59(88)51(29-39(7)8)78-56(85)48(22-14-17-25-70)76-57(86)49(27-37(3)4)77-53(82)45(71)30-40-18-10-9-11-19-40/h9-11,18-19,31-33,36-39,43,45-51H,12-17,20-30,34-35,68-71H2,1-8H3,(H2,72,81)(H,73,83)(H,74,84)(H,75,87)(H,76,86)(H,77,82)(H,78,85)(H,79,88)/t43-,45-,46-,47-,48-,49-,50-,51-/m0/s1. The molecule has 30 heteroatoms. The summed E-state index contributed by atoms with van der Waals surface area (Å²) in [6, 6.07) is -1.24. The molecule has 0 saturated heterocycles. The first kappa shape index (κ1) is 80.6. The number of carbonyl (C=O) groups is 8. The third-order valence-electron chi connectivity index (χ3n) is 14.5. The predicted octanol–water partition coefficient (Wildman–Crippen LogP) is 3.74. The van der Waals surface area contributed by atoms with Gasteiger partial charge in [0.15, 0.2) is 0 Å². The number of nitrogens with zero attached hydrogens (tertiary/aromatic N) is 1. The lowest BCUT2D eigenvalue weighted by molar-refractivity contribution is -0.143. The molecule has 17 N–H and O–H groups in total. The predicted molar refractivity (Wildman–Crippen MR) is 333 cm³/mol. The zero-order valence-electron chi connectivity index (χ0n) is 53.6. The fourth-order valence-corrected chi connectivity index (χ4v) is 11.5. The minimum atomic E-state index is -5.44. The van der Waals surface area contributed by atoms with Crippen LogP contribution in [0.4, 0.5) is 26.3 Å². The van der Waals surface area contributed by atoms with Crippen LogP contribution in [0.25, 0.3) is 0 Å². The second kappa shape index (κ2) is 39.2. The highest BCUT2D eigenvalue weighted by molar-refractivity contribution is 7.89. The highest BCUT2D eigenvalue weighted by atomic mass is 32.2. The van der Waals surface area contributed by atoms with E-state index in [1.807, 2.05) is 44.2 Å². The molecule has 0 bridgehead atoms. The Kier molecular flexibility index (Phi) is 34.7. The third-order valence-corrected chi connectivity index (χ3v) is 16.2. The number of hydrogen-bond donors (Lipinski definition) is 12. The van der Waals surface area contributed by atoms with Crippen molar-refractivity contribution in [2.75, 3.05) is 32.7 Å². The van der Waals surface area contributed by atoms with Crippen LogP contribution in [0.15, 0.2) is 53.4 Å². The number of nitrogens with two attached hydrogens (primary N) is 5. The number of unbranched alkanes of at least 4 members (excludes halogenated alkanes) is 3. The molecular formula is C61H99F6N13O10S. The van der Waals surface area contributed by atoms with Crippen molar-refractivity contribution in [1.82, 2.24) is 41.5 Å². The van der Waals surface area contributed by atoms with Gasteiger partial charge in [0.2, 0.25) is 57.3 Å². The number of benzene rings is 2. The summed E-state index contributed by atoms with van der Waals surface area (Å²) in [5.41, 5.74) is 25.9. The van der Waals surface area contributed by atoms with Crippen molar-refractivity contribution in [2.45, 2.75) is 211 Å². The van der Waals surface area contributed by atoms with Gasteiger partial charge in [0.05, 0.1) is 28.6 Å². The van der Waals surface area contributed by atoms with E-state index in [1.54, 1.807) is 41.5 Å². The number of nitrogens with one attached hydrogen (secondary N) is 7. The number of halogens is 6. The summed E-state index contributed by atoms with van der Waals surface area (Å²) in [6.07, 6.45) is -8.40. The Hall–Kier alpha value is -6.47. The van der Waals surface area contributed by atoms with E-state index in [0.717, 1.165) is 5.56 Å². The van der Waals surface area contributed by atoms with Gasteiger partial charge in [-0.25, -0.2) is 8.42 Å². The Bertz CT molecular complexity index is 2730. The normalized spacial score (nSPS) is 14.8. The van der Waals surface area contributed by atoms with E-state index in [9.17, 15) is 73.1 Å². The van der Waals surface area contributed by atoms with Gasteiger partial charge < -0.3 is 65.9 Å². The lowest BCUT2D eigenvalue weighted by Gasteiger charge is -2.30. The third kappa shape index (κ3) is 29.8. The summed E-state index contributed by atoms with van der Waals surface area (Å²) in [5.74, 6) is -7.62. The van der Waals surface area contributed by atoms with Crippen molar-refractivity contribution < 1.29 is 73.1 Å². The average molecular weight is 1320 g/mol. The summed E-state index contributed by atoms with van der Waals surface area (Å²) in [5, 5.41) is 19.1. The molecule has 2 rings (SSSR count). The number of amides is 8. The first-order chi connectivity index (χ1) is 42.4. The molecule has 0 unspecified atom stereocenters. The van der Waals surface area contributed by atoms with Gasteiger partial charge in [0.1, 0.15) is 36.3 Å². The molecule has 516 valence electrons. The number of rotatable bonds is 42. The van der Waals surface area contributed by atoms with E-state index in [-0.39, 0.29) is 130 Å². The average Bonchev–Trinajstić information content (AvgIpc) is 0.802. The monoisotopic (exact) mass is 1320 g/mol. The Balaban J connectivity index is 2.53. The fraction of sp³-hybridized carbons (Fsp3) is 0.672. The van der Waals surface area contributed by atoms with E-state index >= 15 is 0 Å². The van der Waals surface area contributed by atoms with Crippen LogP contribution in [-0.4, -0.2) is 141 Å². The molecular weight excluding hydrogens is 1220 g/mol. The number of hydrogen-bond acceptors (Lipinski definition) is 14. The minimum Gasteiger partial charge on any atom is -0.369 e. The Morgan fingerprint density at radius 1 is 0.473 bits per heavy atom. The van der Waals surface area contributed by atoms with Crippen molar-refractivity contribution in [3.05, 3.63) is 65.2 Å². The molecule has 0 spiro atoms. The van der Waals surface area contributed by atoms with Gasteiger partial charge in [0.25, 0.3) is 0 Å². The van der Waals surface area contributed by atoms with Crippen molar-refractivity contribution in [2.24, 2.45) is 52.3 Å². The van der Waals surface area contributed by atoms with E-state index < -0.39 is 147 Å². The second-order valence-electron chi connectivity index (χ2n) is 24.7. The lowest BCUT2D eigenvalue weighted by Crippen LogP contribution is -2.60. The first-order valence-electron chi connectivity index (χ1n) is 31.0. The fourth-order valence-electron chi connectivity index (χ4n) is 9.94. The van der Waals surface area contributed by atoms with Crippen molar-refractivity contribution in [1.29, 1.82) is 0 Å². The summed E-state index contributed by atoms with van der Waals surface area (Å²) in [6.45, 7) is 12.7. The number of alkyl halides is 6. The van der Waals surface area contributed by atoms with Gasteiger partial charge in [-0.3, -0.25) is 38.4 Å². The van der Waals surface area contributed by atoms with Crippen LogP contribution in [0.2, 0.25) is 0 Å². The quantitative estimate of drug-likeness (QED) is 0.0333. The highest BCUT2D eigenvalue weighted by Gasteiger charge is 2.41. The molecule has 0 aromatic heterocycles. The molecule has 0 aliphatic heterocycles. The second-order valence-corrected chi connectivity index (χ2v) is 26.7. The summed E-state index contributed by atoms with van der Waals surface area (Å²) >= 11 is 0. The molecule has 23 nitrogen and oxygen atoms in total. The van der Waals surface area contributed by atoms with Gasteiger partial charge in [-0.2, -0.15) is 30.6 Å². The summed E-state index contributed by atoms with van der Waals surface area (Å²) < 4.78 is 112. The molecule has 0 saturated carbocycles. The Morgan fingerprint density at radius 3 is 1.13 bits per heavy atom. The molecule has 0 radical (unpaired) electrons. The van der Waals surface area contributed by atoms with Crippen LogP contribution in [0, 0.1) is 23.7 Å². The molecule has 8 amide bonds. The van der Waals surface area contributed by atoms with Crippen LogP contribution in [-0.2, 0) is 67.2 Å². The largest absolute Gasteiger partial charge is 0.416 e. The van der Waals surface area contributed by atoms with E-state index in [1.165, 1.54) is 0 Å². The molecule has 0 fully saturated rings. The molecule has 8 atom stereocenters. The molecule has 0 aliphatic rings. The van der Waals surface area contributed by atoms with Crippen molar-refractivity contribution in [3.8, 4) is 0 Å². The topological polar surface area (TPSA) is 388 Å². The maximum absolute atomic E-state index is 14.5. The van der Waals surface area contributed by atoms with Gasteiger partial charge >= 0.3 is 12.4 Å². The molecule has 2 aromatic carbocycles. The smallest absolute Gasteiger partial charge is 0.369 e. The van der Waals surface area contributed by atoms with Gasteiger partial charge in [-0.1, -0.05) is 85.7 Å². The van der Waals surface area contributed by atoms with E-state index in [2.05, 4.69) is 37.2 Å². The number of sulfonamides is 1. The maximum Gasteiger partial charge on any atom is 0.416 e. The zero-order chi connectivity index (χ0) is 69.0. The molecule has 91 heavy (non-hydrogen) atoms. The molecule has 0 heterocycles. The lowest BCUT2D eigenvalue weighted by atomic mass is 9.98. The summed E-state index contributed by atoms with van der Waals surface area (Å²) in [7, 11) is -5.41. The molecule has 2 aromatic rings. The number of primary amides is 1. The van der Waals surface area contributed by atoms with Gasteiger partial charge in [-0.15, -0.1) is 0 Å². The Morgan fingerprint density at radius 2 is 0.802 bits per heavy atom. The van der Waals surface area contributed by atoms with E-state index in [0.29, 0.717) is 25.7 Å².